The van der Waals surface area contributed by atoms with E-state index in [-0.39, 0.29) is 17.2 Å². The molecular formula is C24H24N6O3S2. The van der Waals surface area contributed by atoms with E-state index in [4.69, 9.17) is 0 Å². The third kappa shape index (κ3) is 5.16. The van der Waals surface area contributed by atoms with Gasteiger partial charge < -0.3 is 9.80 Å². The van der Waals surface area contributed by atoms with Crippen molar-refractivity contribution in [2.24, 2.45) is 0 Å². The molecule has 1 atom stereocenters. The van der Waals surface area contributed by atoms with Gasteiger partial charge in [0.15, 0.2) is 0 Å². The fraction of sp³-hybridized carbons (Fsp3) is 0.250. The van der Waals surface area contributed by atoms with Crippen LogP contribution in [0, 0.1) is 0 Å². The van der Waals surface area contributed by atoms with E-state index in [9.17, 15) is 13.2 Å². The maximum atomic E-state index is 13.6. The summed E-state index contributed by atoms with van der Waals surface area (Å²) in [4.78, 5) is 21.9. The van der Waals surface area contributed by atoms with Crippen LogP contribution < -0.4 is 9.62 Å². The molecule has 180 valence electrons. The van der Waals surface area contributed by atoms with E-state index in [0.29, 0.717) is 37.2 Å². The van der Waals surface area contributed by atoms with Crippen molar-refractivity contribution in [1.29, 1.82) is 0 Å². The fourth-order valence-corrected chi connectivity index (χ4v) is 6.15. The molecule has 0 saturated carbocycles. The molecule has 1 aliphatic heterocycles. The van der Waals surface area contributed by atoms with Crippen LogP contribution >= 0.6 is 11.7 Å². The zero-order valence-electron chi connectivity index (χ0n) is 18.8. The molecule has 4 aromatic rings. The highest BCUT2D eigenvalue weighted by Crippen LogP contribution is 2.22. The van der Waals surface area contributed by atoms with Crippen LogP contribution in [0.4, 0.5) is 5.82 Å². The summed E-state index contributed by atoms with van der Waals surface area (Å²) in [5, 5.41) is 0. The molecule has 3 heterocycles. The van der Waals surface area contributed by atoms with Crippen LogP contribution in [0.1, 0.15) is 5.56 Å². The lowest BCUT2D eigenvalue weighted by Crippen LogP contribution is -2.55. The highest BCUT2D eigenvalue weighted by molar-refractivity contribution is 7.89. The molecule has 5 rings (SSSR count). The Bertz CT molecular complexity index is 1410. The molecule has 1 aliphatic rings. The molecule has 9 nitrogen and oxygen atoms in total. The Labute approximate surface area is 207 Å². The van der Waals surface area contributed by atoms with E-state index in [0.717, 1.165) is 23.1 Å². The molecule has 1 saturated heterocycles. The summed E-state index contributed by atoms with van der Waals surface area (Å²) in [6.45, 7) is 2.21. The maximum absolute atomic E-state index is 13.6. The van der Waals surface area contributed by atoms with Crippen LogP contribution in [0.5, 0.6) is 0 Å². The van der Waals surface area contributed by atoms with Crippen molar-refractivity contribution >= 4 is 44.5 Å². The predicted molar refractivity (Wildman–Crippen MR) is 135 cm³/mol. The molecule has 2 aromatic heterocycles. The van der Waals surface area contributed by atoms with Gasteiger partial charge in [-0.15, -0.1) is 0 Å². The lowest BCUT2D eigenvalue weighted by Gasteiger charge is -2.37. The van der Waals surface area contributed by atoms with E-state index >= 15 is 0 Å². The van der Waals surface area contributed by atoms with Crippen molar-refractivity contribution in [3.05, 3.63) is 78.5 Å². The van der Waals surface area contributed by atoms with Gasteiger partial charge in [0.2, 0.25) is 15.9 Å². The average Bonchev–Trinajstić information content (AvgIpc) is 3.38. The standard InChI is InChI=1S/C24H24N6O3S2/c31-24(30-15-13-29(14-16-30)22-11-4-5-12-25-22)20(17-18-7-2-1-3-8-18)28-35(32,33)21-10-6-9-19-23(21)27-34-26-19/h1-12,20,28H,13-17H2/t20-/m1/s1. The number of hydrogen-bond donors (Lipinski definition) is 1. The Balaban J connectivity index is 1.37. The summed E-state index contributed by atoms with van der Waals surface area (Å²) in [6.07, 6.45) is 1.99. The molecule has 0 bridgehead atoms. The predicted octanol–water partition coefficient (Wildman–Crippen LogP) is 2.32. The SMILES string of the molecule is O=C([C@@H](Cc1ccccc1)NS(=O)(=O)c1cccc2nsnc12)N1CCN(c2ccccn2)CC1. The molecule has 11 heteroatoms. The molecule has 1 fully saturated rings. The number of carbonyl (C=O) groups excluding carboxylic acids is 1. The molecule has 0 radical (unpaired) electrons. The molecule has 1 N–H and O–H groups in total. The van der Waals surface area contributed by atoms with Gasteiger partial charge in [-0.25, -0.2) is 13.4 Å². The number of nitrogens with zero attached hydrogens (tertiary/aromatic N) is 5. The first-order valence-corrected chi connectivity index (χ1v) is 13.4. The third-order valence-electron chi connectivity index (χ3n) is 5.98. The minimum absolute atomic E-state index is 0.0228. The summed E-state index contributed by atoms with van der Waals surface area (Å²) in [5.41, 5.74) is 1.68. The minimum Gasteiger partial charge on any atom is -0.353 e. The smallest absolute Gasteiger partial charge is 0.243 e. The molecule has 0 unspecified atom stereocenters. The maximum Gasteiger partial charge on any atom is 0.243 e. The van der Waals surface area contributed by atoms with Crippen LogP contribution in [-0.4, -0.2) is 65.2 Å². The van der Waals surface area contributed by atoms with E-state index in [1.165, 1.54) is 6.07 Å². The Morgan fingerprint density at radius 1 is 0.943 bits per heavy atom. The van der Waals surface area contributed by atoms with Gasteiger partial charge in [0.1, 0.15) is 27.8 Å². The molecule has 0 aliphatic carbocycles. The fourth-order valence-electron chi connectivity index (χ4n) is 4.20. The average molecular weight is 509 g/mol. The van der Waals surface area contributed by atoms with Crippen LogP contribution in [0.15, 0.2) is 77.8 Å². The van der Waals surface area contributed by atoms with Crippen molar-refractivity contribution in [3.8, 4) is 0 Å². The molecule has 35 heavy (non-hydrogen) atoms. The summed E-state index contributed by atoms with van der Waals surface area (Å²) in [5.74, 6) is 0.618. The van der Waals surface area contributed by atoms with Gasteiger partial charge in [0.05, 0.1) is 11.7 Å². The Hall–Kier alpha value is -3.41. The highest BCUT2D eigenvalue weighted by Gasteiger charge is 2.32. The minimum atomic E-state index is -4.03. The Kier molecular flexibility index (Phi) is 6.71. The zero-order chi connectivity index (χ0) is 24.3. The quantitative estimate of drug-likeness (QED) is 0.408. The van der Waals surface area contributed by atoms with Gasteiger partial charge in [-0.3, -0.25) is 4.79 Å². The number of rotatable bonds is 7. The van der Waals surface area contributed by atoms with Crippen LogP contribution in [0.2, 0.25) is 0 Å². The van der Waals surface area contributed by atoms with Gasteiger partial charge in [0.25, 0.3) is 0 Å². The first kappa shape index (κ1) is 23.3. The second-order valence-corrected chi connectivity index (χ2v) is 10.5. The number of fused-ring (bicyclic) bond motifs is 1. The molecular weight excluding hydrogens is 484 g/mol. The molecule has 2 aromatic carbocycles. The normalized spacial score (nSPS) is 15.3. The number of piperazine rings is 1. The van der Waals surface area contributed by atoms with Crippen molar-refractivity contribution < 1.29 is 13.2 Å². The second-order valence-electron chi connectivity index (χ2n) is 8.25. The van der Waals surface area contributed by atoms with E-state index in [2.05, 4.69) is 23.4 Å². The number of benzene rings is 2. The number of anilines is 1. The van der Waals surface area contributed by atoms with Gasteiger partial charge in [0, 0.05) is 32.4 Å². The summed E-state index contributed by atoms with van der Waals surface area (Å²) in [7, 11) is -4.03. The van der Waals surface area contributed by atoms with Crippen LogP contribution in [0.3, 0.4) is 0 Å². The van der Waals surface area contributed by atoms with E-state index in [1.54, 1.807) is 23.2 Å². The monoisotopic (exact) mass is 508 g/mol. The van der Waals surface area contributed by atoms with Gasteiger partial charge in [-0.1, -0.05) is 42.5 Å². The topological polar surface area (TPSA) is 108 Å². The number of hydrogen-bond acceptors (Lipinski definition) is 8. The van der Waals surface area contributed by atoms with Crippen molar-refractivity contribution in [2.75, 3.05) is 31.1 Å². The van der Waals surface area contributed by atoms with E-state index in [1.807, 2.05) is 48.5 Å². The lowest BCUT2D eigenvalue weighted by atomic mass is 10.1. The number of aromatic nitrogens is 3. The Morgan fingerprint density at radius 3 is 2.46 bits per heavy atom. The number of nitrogens with one attached hydrogen (secondary N) is 1. The van der Waals surface area contributed by atoms with Crippen molar-refractivity contribution in [3.63, 3.8) is 0 Å². The third-order valence-corrected chi connectivity index (χ3v) is 8.03. The summed E-state index contributed by atoms with van der Waals surface area (Å²) < 4.78 is 37.8. The number of carbonyl (C=O) groups is 1. The number of pyridine rings is 1. The largest absolute Gasteiger partial charge is 0.353 e. The summed E-state index contributed by atoms with van der Waals surface area (Å²) >= 11 is 0.955. The first-order valence-electron chi connectivity index (χ1n) is 11.2. The Morgan fingerprint density at radius 2 is 1.71 bits per heavy atom. The van der Waals surface area contributed by atoms with Crippen molar-refractivity contribution in [1.82, 2.24) is 23.4 Å². The summed E-state index contributed by atoms with van der Waals surface area (Å²) in [6, 6.07) is 19.0. The van der Waals surface area contributed by atoms with Gasteiger partial charge in [-0.05, 0) is 36.2 Å². The van der Waals surface area contributed by atoms with Gasteiger partial charge >= 0.3 is 0 Å². The van der Waals surface area contributed by atoms with Crippen molar-refractivity contribution in [2.45, 2.75) is 17.4 Å². The zero-order valence-corrected chi connectivity index (χ0v) is 20.5. The second kappa shape index (κ2) is 10.1. The van der Waals surface area contributed by atoms with Crippen LogP contribution in [0.25, 0.3) is 11.0 Å². The number of sulfonamides is 1. The highest BCUT2D eigenvalue weighted by atomic mass is 32.2. The number of amides is 1. The molecule has 1 amide bonds. The first-order chi connectivity index (χ1) is 17.0. The van der Waals surface area contributed by atoms with Crippen LogP contribution in [-0.2, 0) is 21.2 Å². The van der Waals surface area contributed by atoms with E-state index < -0.39 is 16.1 Å². The molecule has 0 spiro atoms. The van der Waals surface area contributed by atoms with Gasteiger partial charge in [-0.2, -0.15) is 13.5 Å². The lowest BCUT2D eigenvalue weighted by molar-refractivity contribution is -0.133.